The van der Waals surface area contributed by atoms with Crippen molar-refractivity contribution in [1.29, 1.82) is 0 Å². The molecule has 0 aromatic heterocycles. The van der Waals surface area contributed by atoms with Crippen LogP contribution in [-0.4, -0.2) is 30.9 Å². The lowest BCUT2D eigenvalue weighted by molar-refractivity contribution is -0.120. The second-order valence-corrected chi connectivity index (χ2v) is 8.18. The summed E-state index contributed by atoms with van der Waals surface area (Å²) < 4.78 is 50.8. The number of rotatable bonds is 3. The molecule has 0 bridgehead atoms. The molecule has 4 N–H and O–H groups in total. The molecule has 1 amide bonds. The Labute approximate surface area is 175 Å². The van der Waals surface area contributed by atoms with Crippen LogP contribution in [0.25, 0.3) is 0 Å². The Morgan fingerprint density at radius 1 is 1.19 bits per heavy atom. The van der Waals surface area contributed by atoms with Crippen LogP contribution in [0.3, 0.4) is 0 Å². The van der Waals surface area contributed by atoms with E-state index in [1.165, 1.54) is 0 Å². The third-order valence-electron chi connectivity index (χ3n) is 6.28. The highest BCUT2D eigenvalue weighted by atomic mass is 19.4. The van der Waals surface area contributed by atoms with Crippen molar-refractivity contribution in [3.05, 3.63) is 58.9 Å². The largest absolute Gasteiger partial charge is 0.489 e. The average molecular weight is 432 g/mol. The van der Waals surface area contributed by atoms with Crippen LogP contribution in [-0.2, 0) is 4.79 Å². The number of nitrogens with one attached hydrogen (secondary N) is 4. The van der Waals surface area contributed by atoms with Gasteiger partial charge in [-0.3, -0.25) is 4.79 Å². The molecule has 1 saturated carbocycles. The Balaban J connectivity index is 1.18. The molecule has 4 aliphatic heterocycles. The minimum absolute atomic E-state index is 0.00952. The lowest BCUT2D eigenvalue weighted by atomic mass is 10.0. The van der Waals surface area contributed by atoms with E-state index in [-0.39, 0.29) is 23.8 Å². The van der Waals surface area contributed by atoms with Gasteiger partial charge in [0.15, 0.2) is 0 Å². The van der Waals surface area contributed by atoms with E-state index in [0.29, 0.717) is 36.7 Å². The van der Waals surface area contributed by atoms with Crippen molar-refractivity contribution in [2.24, 2.45) is 5.92 Å². The third kappa shape index (κ3) is 3.00. The van der Waals surface area contributed by atoms with Gasteiger partial charge in [-0.25, -0.2) is 0 Å². The van der Waals surface area contributed by atoms with Gasteiger partial charge in [0, 0.05) is 42.1 Å². The van der Waals surface area contributed by atoms with Crippen LogP contribution in [0.2, 0.25) is 0 Å². The van der Waals surface area contributed by atoms with Gasteiger partial charge in [0.05, 0.1) is 0 Å². The number of halogens is 3. The molecule has 4 unspecified atom stereocenters. The molecular weight excluding hydrogens is 413 g/mol. The first kappa shape index (κ1) is 18.5. The summed E-state index contributed by atoms with van der Waals surface area (Å²) in [6, 6.07) is 5.55. The molecule has 162 valence electrons. The zero-order valence-corrected chi connectivity index (χ0v) is 16.2. The van der Waals surface area contributed by atoms with E-state index in [1.54, 1.807) is 0 Å². The standard InChI is InChI=1S/C21H19F3N4O3/c22-21(23,24)14-8-26-20(27-14)17-16-11-7-9(1-3-12(11)31-18(16)17)30-13-5-6-25-19-10(13)2-4-15(29)28-19/h1,3,5,7-8,16-18,20,25-27H,2,4,6H2,(H,28,29). The number of dihydropyridines is 1. The molecule has 0 saturated heterocycles. The summed E-state index contributed by atoms with van der Waals surface area (Å²) >= 11 is 0. The van der Waals surface area contributed by atoms with Crippen molar-refractivity contribution in [3.8, 4) is 11.5 Å². The maximum absolute atomic E-state index is 12.9. The zero-order valence-electron chi connectivity index (χ0n) is 16.2. The van der Waals surface area contributed by atoms with Gasteiger partial charge in [-0.05, 0) is 30.7 Å². The lowest BCUT2D eigenvalue weighted by Crippen LogP contribution is -2.39. The molecule has 5 aliphatic rings. The van der Waals surface area contributed by atoms with Crippen molar-refractivity contribution < 1.29 is 27.4 Å². The average Bonchev–Trinajstić information content (AvgIpc) is 3.08. The van der Waals surface area contributed by atoms with Crippen molar-refractivity contribution in [2.75, 3.05) is 6.54 Å². The maximum Gasteiger partial charge on any atom is 0.432 e. The van der Waals surface area contributed by atoms with Crippen molar-refractivity contribution in [2.45, 2.75) is 37.2 Å². The number of hydrogen-bond donors (Lipinski definition) is 4. The van der Waals surface area contributed by atoms with Crippen LogP contribution in [0.4, 0.5) is 13.2 Å². The number of carbonyl (C=O) groups is 1. The van der Waals surface area contributed by atoms with Crippen molar-refractivity contribution >= 4 is 5.91 Å². The topological polar surface area (TPSA) is 83.7 Å². The zero-order chi connectivity index (χ0) is 21.3. The van der Waals surface area contributed by atoms with Crippen LogP contribution in [0, 0.1) is 5.92 Å². The predicted molar refractivity (Wildman–Crippen MR) is 102 cm³/mol. The summed E-state index contributed by atoms with van der Waals surface area (Å²) in [7, 11) is 0. The number of benzene rings is 1. The number of alkyl halides is 3. The lowest BCUT2D eigenvalue weighted by Gasteiger charge is -2.27. The van der Waals surface area contributed by atoms with E-state index < -0.39 is 18.0 Å². The first-order valence-electron chi connectivity index (χ1n) is 10.1. The molecule has 1 fully saturated rings. The molecule has 7 nitrogen and oxygen atoms in total. The molecule has 1 aromatic carbocycles. The van der Waals surface area contributed by atoms with E-state index in [9.17, 15) is 18.0 Å². The molecule has 31 heavy (non-hydrogen) atoms. The summed E-state index contributed by atoms with van der Waals surface area (Å²) in [5, 5.41) is 11.3. The molecule has 0 radical (unpaired) electrons. The molecule has 1 aliphatic carbocycles. The summed E-state index contributed by atoms with van der Waals surface area (Å²) in [6.07, 6.45) is -1.17. The van der Waals surface area contributed by atoms with Crippen LogP contribution in [0.1, 0.15) is 24.3 Å². The Hall–Kier alpha value is -3.30. The summed E-state index contributed by atoms with van der Waals surface area (Å²) in [5.74, 6) is 2.65. The number of fused-ring (bicyclic) bond motifs is 3. The second kappa shape index (κ2) is 6.35. The highest BCUT2D eigenvalue weighted by Crippen LogP contribution is 2.60. The Morgan fingerprint density at radius 2 is 2.06 bits per heavy atom. The normalized spacial score (nSPS) is 30.4. The van der Waals surface area contributed by atoms with Crippen LogP contribution in [0.5, 0.6) is 11.5 Å². The highest BCUT2D eigenvalue weighted by molar-refractivity contribution is 5.80. The van der Waals surface area contributed by atoms with E-state index in [0.717, 1.165) is 23.1 Å². The van der Waals surface area contributed by atoms with Gasteiger partial charge in [-0.2, -0.15) is 13.2 Å². The fraction of sp³-hybridized carbons (Fsp3) is 0.381. The minimum Gasteiger partial charge on any atom is -0.489 e. The molecule has 1 aromatic rings. The Morgan fingerprint density at radius 3 is 2.87 bits per heavy atom. The summed E-state index contributed by atoms with van der Waals surface area (Å²) in [4.78, 5) is 11.6. The molecule has 6 rings (SSSR count). The van der Waals surface area contributed by atoms with Crippen LogP contribution < -0.4 is 30.7 Å². The van der Waals surface area contributed by atoms with E-state index >= 15 is 0 Å². The molecule has 4 heterocycles. The van der Waals surface area contributed by atoms with E-state index in [1.807, 2.05) is 24.3 Å². The number of amides is 1. The van der Waals surface area contributed by atoms with Gasteiger partial charge in [-0.1, -0.05) is 0 Å². The molecular formula is C21H19F3N4O3. The third-order valence-corrected chi connectivity index (χ3v) is 6.28. The fourth-order valence-corrected chi connectivity index (χ4v) is 4.78. The SMILES string of the molecule is O=C1CCC2=C(NCC=C2Oc2ccc3c(c2)C2C(O3)C2C2NC=C(C(F)(F)F)N2)N1. The first-order chi connectivity index (χ1) is 14.9. The minimum atomic E-state index is -4.40. The predicted octanol–water partition coefficient (Wildman–Crippen LogP) is 2.07. The number of carbonyl (C=O) groups excluding carboxylic acids is 1. The van der Waals surface area contributed by atoms with Gasteiger partial charge in [0.2, 0.25) is 5.91 Å². The van der Waals surface area contributed by atoms with Gasteiger partial charge in [-0.15, -0.1) is 0 Å². The number of ether oxygens (including phenoxy) is 2. The van der Waals surface area contributed by atoms with Crippen molar-refractivity contribution in [3.63, 3.8) is 0 Å². The summed E-state index contributed by atoms with van der Waals surface area (Å²) in [6.45, 7) is 0.544. The Bertz CT molecular complexity index is 1080. The van der Waals surface area contributed by atoms with E-state index in [4.69, 9.17) is 9.47 Å². The van der Waals surface area contributed by atoms with Crippen LogP contribution >= 0.6 is 0 Å². The van der Waals surface area contributed by atoms with Gasteiger partial charge < -0.3 is 30.7 Å². The van der Waals surface area contributed by atoms with Crippen molar-refractivity contribution in [1.82, 2.24) is 21.3 Å². The molecule has 0 spiro atoms. The Kier molecular flexibility index (Phi) is 3.78. The van der Waals surface area contributed by atoms with Gasteiger partial charge in [0.1, 0.15) is 41.0 Å². The van der Waals surface area contributed by atoms with E-state index in [2.05, 4.69) is 21.3 Å². The fourth-order valence-electron chi connectivity index (χ4n) is 4.78. The number of hydrogen-bond acceptors (Lipinski definition) is 6. The second-order valence-electron chi connectivity index (χ2n) is 8.18. The highest BCUT2D eigenvalue weighted by Gasteiger charge is 2.63. The maximum atomic E-state index is 12.9. The number of allylic oxidation sites excluding steroid dienone is 2. The molecule has 4 atom stereocenters. The molecule has 10 heteroatoms. The quantitative estimate of drug-likeness (QED) is 0.586. The van der Waals surface area contributed by atoms with Gasteiger partial charge >= 0.3 is 6.18 Å². The smallest absolute Gasteiger partial charge is 0.432 e. The first-order valence-corrected chi connectivity index (χ1v) is 10.1. The summed E-state index contributed by atoms with van der Waals surface area (Å²) in [5.41, 5.74) is 1.11. The van der Waals surface area contributed by atoms with Gasteiger partial charge in [0.25, 0.3) is 0 Å². The van der Waals surface area contributed by atoms with Crippen LogP contribution in [0.15, 0.2) is 53.3 Å². The monoisotopic (exact) mass is 432 g/mol.